The van der Waals surface area contributed by atoms with Crippen molar-refractivity contribution in [2.75, 3.05) is 0 Å². The summed E-state index contributed by atoms with van der Waals surface area (Å²) < 4.78 is 0. The standard InChI is InChI=1S/C7H7NOS/c1-5-2-3-6(10)4-7(5)8-9/h2-4,10H,1H3. The van der Waals surface area contributed by atoms with Crippen LogP contribution >= 0.6 is 12.6 Å². The molecule has 0 fully saturated rings. The van der Waals surface area contributed by atoms with E-state index in [0.717, 1.165) is 10.5 Å². The summed E-state index contributed by atoms with van der Waals surface area (Å²) in [5.41, 5.74) is 1.35. The number of benzene rings is 1. The van der Waals surface area contributed by atoms with E-state index in [0.29, 0.717) is 5.69 Å². The molecule has 0 spiro atoms. The first-order valence-corrected chi connectivity index (χ1v) is 3.32. The highest BCUT2D eigenvalue weighted by atomic mass is 32.1. The Bertz CT molecular complexity index is 260. The van der Waals surface area contributed by atoms with Gasteiger partial charge in [0.05, 0.1) is 0 Å². The normalized spacial score (nSPS) is 9.40. The van der Waals surface area contributed by atoms with E-state index in [1.54, 1.807) is 6.07 Å². The van der Waals surface area contributed by atoms with Crippen molar-refractivity contribution in [2.24, 2.45) is 5.18 Å². The number of nitroso groups, excluding NO2 is 1. The van der Waals surface area contributed by atoms with E-state index in [2.05, 4.69) is 17.8 Å². The Morgan fingerprint density at radius 2 is 2.20 bits per heavy atom. The maximum Gasteiger partial charge on any atom is 0.112 e. The van der Waals surface area contributed by atoms with E-state index in [-0.39, 0.29) is 0 Å². The molecule has 1 aromatic rings. The second kappa shape index (κ2) is 2.84. The van der Waals surface area contributed by atoms with Gasteiger partial charge in [-0.15, -0.1) is 17.5 Å². The number of thiol groups is 1. The Morgan fingerprint density at radius 3 is 2.70 bits per heavy atom. The zero-order valence-corrected chi connectivity index (χ0v) is 6.43. The average molecular weight is 153 g/mol. The summed E-state index contributed by atoms with van der Waals surface area (Å²) in [6.07, 6.45) is 0. The van der Waals surface area contributed by atoms with Gasteiger partial charge in [0.15, 0.2) is 0 Å². The topological polar surface area (TPSA) is 29.4 Å². The molecule has 10 heavy (non-hydrogen) atoms. The Morgan fingerprint density at radius 1 is 1.50 bits per heavy atom. The van der Waals surface area contributed by atoms with E-state index in [1.165, 1.54) is 0 Å². The van der Waals surface area contributed by atoms with Crippen LogP contribution in [-0.2, 0) is 0 Å². The molecule has 0 bridgehead atoms. The molecule has 1 rings (SSSR count). The first kappa shape index (κ1) is 7.28. The molecule has 0 aliphatic carbocycles. The van der Waals surface area contributed by atoms with Crippen LogP contribution in [0.4, 0.5) is 5.69 Å². The minimum absolute atomic E-state index is 0.465. The quantitative estimate of drug-likeness (QED) is 0.487. The van der Waals surface area contributed by atoms with Gasteiger partial charge in [-0.1, -0.05) is 6.07 Å². The third-order valence-electron chi connectivity index (χ3n) is 1.29. The number of hydrogen-bond donors (Lipinski definition) is 1. The van der Waals surface area contributed by atoms with Gasteiger partial charge >= 0.3 is 0 Å². The lowest BCUT2D eigenvalue weighted by molar-refractivity contribution is 1.33. The summed E-state index contributed by atoms with van der Waals surface area (Å²) in [6.45, 7) is 1.84. The lowest BCUT2D eigenvalue weighted by Crippen LogP contribution is -1.72. The van der Waals surface area contributed by atoms with E-state index in [1.807, 2.05) is 19.1 Å². The second-order valence-corrected chi connectivity index (χ2v) is 2.58. The third-order valence-corrected chi connectivity index (χ3v) is 1.57. The predicted molar refractivity (Wildman–Crippen MR) is 43.9 cm³/mol. The van der Waals surface area contributed by atoms with Crippen molar-refractivity contribution in [3.8, 4) is 0 Å². The van der Waals surface area contributed by atoms with Gasteiger partial charge in [0, 0.05) is 4.90 Å². The average Bonchev–Trinajstić information content (AvgIpc) is 1.94. The molecule has 0 atom stereocenters. The monoisotopic (exact) mass is 153 g/mol. The highest BCUT2D eigenvalue weighted by Gasteiger charge is 1.96. The molecule has 0 radical (unpaired) electrons. The molecule has 0 amide bonds. The van der Waals surface area contributed by atoms with Crippen LogP contribution in [0, 0.1) is 11.8 Å². The van der Waals surface area contributed by atoms with Gasteiger partial charge < -0.3 is 0 Å². The van der Waals surface area contributed by atoms with Crippen molar-refractivity contribution < 1.29 is 0 Å². The first-order chi connectivity index (χ1) is 4.74. The molecule has 0 saturated carbocycles. The summed E-state index contributed by atoms with van der Waals surface area (Å²) in [5, 5.41) is 2.83. The van der Waals surface area contributed by atoms with Gasteiger partial charge in [-0.25, -0.2) is 0 Å². The molecular weight excluding hydrogens is 146 g/mol. The summed E-state index contributed by atoms with van der Waals surface area (Å²) in [7, 11) is 0. The van der Waals surface area contributed by atoms with E-state index >= 15 is 0 Å². The molecule has 3 heteroatoms. The van der Waals surface area contributed by atoms with Crippen LogP contribution in [0.3, 0.4) is 0 Å². The number of aryl methyl sites for hydroxylation is 1. The molecular formula is C7H7NOS. The predicted octanol–water partition coefficient (Wildman–Crippen LogP) is 2.68. The van der Waals surface area contributed by atoms with Gasteiger partial charge in [0.2, 0.25) is 0 Å². The van der Waals surface area contributed by atoms with Crippen molar-refractivity contribution in [2.45, 2.75) is 11.8 Å². The van der Waals surface area contributed by atoms with Crippen LogP contribution in [0.5, 0.6) is 0 Å². The van der Waals surface area contributed by atoms with Crippen LogP contribution < -0.4 is 0 Å². The maximum absolute atomic E-state index is 10.1. The number of nitrogens with zero attached hydrogens (tertiary/aromatic N) is 1. The molecule has 52 valence electrons. The molecule has 1 aromatic carbocycles. The highest BCUT2D eigenvalue weighted by Crippen LogP contribution is 2.21. The van der Waals surface area contributed by atoms with Crippen molar-refractivity contribution in [3.05, 3.63) is 28.7 Å². The minimum Gasteiger partial charge on any atom is -0.145 e. The van der Waals surface area contributed by atoms with Crippen LogP contribution in [0.15, 0.2) is 28.3 Å². The SMILES string of the molecule is Cc1ccc(S)cc1N=O. The summed E-state index contributed by atoms with van der Waals surface area (Å²) >= 11 is 4.06. The Hall–Kier alpha value is -0.830. The van der Waals surface area contributed by atoms with E-state index < -0.39 is 0 Å². The summed E-state index contributed by atoms with van der Waals surface area (Å²) in [4.78, 5) is 10.9. The van der Waals surface area contributed by atoms with Gasteiger partial charge in [-0.2, -0.15) is 0 Å². The fourth-order valence-electron chi connectivity index (χ4n) is 0.696. The molecule has 0 saturated heterocycles. The van der Waals surface area contributed by atoms with Crippen molar-refractivity contribution in [3.63, 3.8) is 0 Å². The Labute approximate surface area is 64.6 Å². The van der Waals surface area contributed by atoms with Gasteiger partial charge in [-0.3, -0.25) is 0 Å². The molecule has 0 aliphatic rings. The Kier molecular flexibility index (Phi) is 2.06. The molecule has 0 aromatic heterocycles. The number of hydrogen-bond acceptors (Lipinski definition) is 3. The van der Waals surface area contributed by atoms with Gasteiger partial charge in [0.1, 0.15) is 5.69 Å². The van der Waals surface area contributed by atoms with Gasteiger partial charge in [-0.05, 0) is 29.8 Å². The zero-order chi connectivity index (χ0) is 7.56. The second-order valence-electron chi connectivity index (χ2n) is 2.06. The van der Waals surface area contributed by atoms with Crippen molar-refractivity contribution >= 4 is 18.3 Å². The summed E-state index contributed by atoms with van der Waals surface area (Å²) in [6, 6.07) is 5.29. The first-order valence-electron chi connectivity index (χ1n) is 2.87. The van der Waals surface area contributed by atoms with Crippen LogP contribution in [0.2, 0.25) is 0 Å². The van der Waals surface area contributed by atoms with E-state index in [9.17, 15) is 4.91 Å². The molecule has 2 nitrogen and oxygen atoms in total. The lowest BCUT2D eigenvalue weighted by Gasteiger charge is -1.95. The van der Waals surface area contributed by atoms with Crippen LogP contribution in [0.1, 0.15) is 5.56 Å². The molecule has 0 unspecified atom stereocenters. The van der Waals surface area contributed by atoms with Crippen LogP contribution in [-0.4, -0.2) is 0 Å². The molecule has 0 heterocycles. The molecule has 0 aliphatic heterocycles. The number of rotatable bonds is 1. The fraction of sp³-hybridized carbons (Fsp3) is 0.143. The fourth-order valence-corrected chi connectivity index (χ4v) is 0.893. The maximum atomic E-state index is 10.1. The smallest absolute Gasteiger partial charge is 0.112 e. The van der Waals surface area contributed by atoms with Crippen molar-refractivity contribution in [1.29, 1.82) is 0 Å². The zero-order valence-electron chi connectivity index (χ0n) is 5.53. The lowest BCUT2D eigenvalue weighted by atomic mass is 10.2. The van der Waals surface area contributed by atoms with Gasteiger partial charge in [0.25, 0.3) is 0 Å². The largest absolute Gasteiger partial charge is 0.145 e. The molecule has 0 N–H and O–H groups in total. The van der Waals surface area contributed by atoms with E-state index in [4.69, 9.17) is 0 Å². The highest BCUT2D eigenvalue weighted by molar-refractivity contribution is 7.80. The minimum atomic E-state index is 0.465. The third kappa shape index (κ3) is 1.36. The Balaban J connectivity index is 3.21. The summed E-state index contributed by atoms with van der Waals surface area (Å²) in [5.74, 6) is 0. The van der Waals surface area contributed by atoms with Crippen molar-refractivity contribution in [1.82, 2.24) is 0 Å². The van der Waals surface area contributed by atoms with Crippen LogP contribution in [0.25, 0.3) is 0 Å².